The van der Waals surface area contributed by atoms with Crippen LogP contribution in [0.3, 0.4) is 0 Å². The molecule has 24 heavy (non-hydrogen) atoms. The normalized spacial score (nSPS) is 16.8. The van der Waals surface area contributed by atoms with Crippen molar-refractivity contribution in [2.75, 3.05) is 26.2 Å². The molecule has 1 aliphatic heterocycles. The Balaban J connectivity index is 1.46. The summed E-state index contributed by atoms with van der Waals surface area (Å²) < 4.78 is 5.09. The third-order valence-corrected chi connectivity index (χ3v) is 4.19. The van der Waals surface area contributed by atoms with Crippen LogP contribution < -0.4 is 5.32 Å². The van der Waals surface area contributed by atoms with Crippen LogP contribution in [0.2, 0.25) is 0 Å². The van der Waals surface area contributed by atoms with E-state index in [9.17, 15) is 4.79 Å². The lowest BCUT2D eigenvalue weighted by Gasteiger charge is -2.34. The van der Waals surface area contributed by atoms with Gasteiger partial charge in [0.2, 0.25) is 0 Å². The fraction of sp³-hybridized carbons (Fsp3) is 0.471. The molecule has 3 rings (SSSR count). The molecule has 0 bridgehead atoms. The number of aromatic nitrogens is 2. The van der Waals surface area contributed by atoms with Gasteiger partial charge in [0.15, 0.2) is 0 Å². The minimum absolute atomic E-state index is 0.0370. The van der Waals surface area contributed by atoms with E-state index in [0.717, 1.165) is 36.8 Å². The maximum Gasteiger partial charge on any atom is 0.318 e. The van der Waals surface area contributed by atoms with E-state index >= 15 is 0 Å². The highest BCUT2D eigenvalue weighted by Gasteiger charge is 2.23. The van der Waals surface area contributed by atoms with Crippen LogP contribution >= 0.6 is 0 Å². The summed E-state index contributed by atoms with van der Waals surface area (Å²) in [6.45, 7) is 7.67. The predicted octanol–water partition coefficient (Wildman–Crippen LogP) is 1.97. The standard InChI is InChI=1S/C17H23N5O2/c1-13-11-15(20-24-13)12-21-7-9-22(10-8-21)17(23)19-14(2)16-5-3-4-6-18-16/h3-6,11,14H,7-10,12H2,1-2H3,(H,19,23)/t14-/m0/s1. The zero-order valence-corrected chi connectivity index (χ0v) is 14.1. The van der Waals surface area contributed by atoms with Gasteiger partial charge in [-0.1, -0.05) is 11.2 Å². The lowest BCUT2D eigenvalue weighted by atomic mass is 10.2. The van der Waals surface area contributed by atoms with Gasteiger partial charge in [-0.05, 0) is 26.0 Å². The molecule has 0 aromatic carbocycles. The van der Waals surface area contributed by atoms with Gasteiger partial charge in [-0.2, -0.15) is 0 Å². The van der Waals surface area contributed by atoms with Crippen molar-refractivity contribution in [1.82, 2.24) is 25.3 Å². The minimum Gasteiger partial charge on any atom is -0.361 e. The van der Waals surface area contributed by atoms with E-state index in [2.05, 4.69) is 20.4 Å². The number of piperazine rings is 1. The quantitative estimate of drug-likeness (QED) is 0.928. The summed E-state index contributed by atoms with van der Waals surface area (Å²) in [6.07, 6.45) is 1.74. The van der Waals surface area contributed by atoms with Gasteiger partial charge in [-0.3, -0.25) is 9.88 Å². The Kier molecular flexibility index (Phi) is 5.10. The summed E-state index contributed by atoms with van der Waals surface area (Å²) in [5.41, 5.74) is 1.81. The molecule has 0 spiro atoms. The van der Waals surface area contributed by atoms with Crippen LogP contribution in [0.15, 0.2) is 35.0 Å². The number of aryl methyl sites for hydroxylation is 1. The van der Waals surface area contributed by atoms with Gasteiger partial charge in [-0.25, -0.2) is 4.79 Å². The van der Waals surface area contributed by atoms with Gasteiger partial charge < -0.3 is 14.7 Å². The Morgan fingerprint density at radius 2 is 2.12 bits per heavy atom. The fourth-order valence-electron chi connectivity index (χ4n) is 2.81. The number of hydrogen-bond donors (Lipinski definition) is 1. The molecule has 2 amide bonds. The molecule has 2 aromatic rings. The summed E-state index contributed by atoms with van der Waals surface area (Å²) >= 11 is 0. The second-order valence-electron chi connectivity index (χ2n) is 6.12. The predicted molar refractivity (Wildman–Crippen MR) is 89.3 cm³/mol. The molecule has 0 saturated carbocycles. The second-order valence-corrected chi connectivity index (χ2v) is 6.12. The Morgan fingerprint density at radius 1 is 1.33 bits per heavy atom. The largest absolute Gasteiger partial charge is 0.361 e. The number of amides is 2. The van der Waals surface area contributed by atoms with Crippen LogP contribution in [-0.4, -0.2) is 52.2 Å². The smallest absolute Gasteiger partial charge is 0.318 e. The molecular formula is C17H23N5O2. The van der Waals surface area contributed by atoms with E-state index in [1.165, 1.54) is 0 Å². The van der Waals surface area contributed by atoms with E-state index in [1.54, 1.807) is 6.20 Å². The van der Waals surface area contributed by atoms with Gasteiger partial charge in [0, 0.05) is 45.0 Å². The highest BCUT2D eigenvalue weighted by atomic mass is 16.5. The van der Waals surface area contributed by atoms with Crippen molar-refractivity contribution in [3.05, 3.63) is 47.6 Å². The Bertz CT molecular complexity index is 665. The second kappa shape index (κ2) is 7.44. The molecule has 0 unspecified atom stereocenters. The molecular weight excluding hydrogens is 306 g/mol. The molecule has 3 heterocycles. The zero-order valence-electron chi connectivity index (χ0n) is 14.1. The first-order chi connectivity index (χ1) is 11.6. The van der Waals surface area contributed by atoms with Crippen molar-refractivity contribution in [2.45, 2.75) is 26.4 Å². The maximum absolute atomic E-state index is 12.4. The van der Waals surface area contributed by atoms with Crippen molar-refractivity contribution in [3.63, 3.8) is 0 Å². The van der Waals surface area contributed by atoms with Crippen LogP contribution in [0.5, 0.6) is 0 Å². The first-order valence-electron chi connectivity index (χ1n) is 8.23. The third-order valence-electron chi connectivity index (χ3n) is 4.19. The van der Waals surface area contributed by atoms with E-state index in [-0.39, 0.29) is 12.1 Å². The monoisotopic (exact) mass is 329 g/mol. The molecule has 1 fully saturated rings. The number of rotatable bonds is 4. The molecule has 1 aliphatic rings. The highest BCUT2D eigenvalue weighted by Crippen LogP contribution is 2.11. The van der Waals surface area contributed by atoms with Gasteiger partial charge in [0.05, 0.1) is 17.4 Å². The molecule has 7 heteroatoms. The first-order valence-corrected chi connectivity index (χ1v) is 8.23. The Labute approximate surface area is 141 Å². The van der Waals surface area contributed by atoms with Gasteiger partial charge in [0.1, 0.15) is 5.76 Å². The molecule has 1 saturated heterocycles. The molecule has 0 radical (unpaired) electrons. The third kappa shape index (κ3) is 4.11. The number of hydrogen-bond acceptors (Lipinski definition) is 5. The van der Waals surface area contributed by atoms with Crippen molar-refractivity contribution in [3.8, 4) is 0 Å². The number of pyridine rings is 1. The van der Waals surface area contributed by atoms with Gasteiger partial charge >= 0.3 is 6.03 Å². The topological polar surface area (TPSA) is 74.5 Å². The van der Waals surface area contributed by atoms with E-state index in [1.807, 2.05) is 43.0 Å². The molecule has 0 aliphatic carbocycles. The molecule has 1 atom stereocenters. The minimum atomic E-state index is -0.102. The number of carbonyl (C=O) groups is 1. The van der Waals surface area contributed by atoms with Crippen molar-refractivity contribution >= 4 is 6.03 Å². The molecule has 7 nitrogen and oxygen atoms in total. The van der Waals surface area contributed by atoms with E-state index < -0.39 is 0 Å². The highest BCUT2D eigenvalue weighted by molar-refractivity contribution is 5.74. The van der Waals surface area contributed by atoms with Crippen molar-refractivity contribution in [1.29, 1.82) is 0 Å². The lowest BCUT2D eigenvalue weighted by Crippen LogP contribution is -2.51. The SMILES string of the molecule is Cc1cc(CN2CCN(C(=O)N[C@@H](C)c3ccccn3)CC2)no1. The lowest BCUT2D eigenvalue weighted by molar-refractivity contribution is 0.132. The van der Waals surface area contributed by atoms with Crippen LogP contribution in [0, 0.1) is 6.92 Å². The van der Waals surface area contributed by atoms with Crippen LogP contribution in [0.25, 0.3) is 0 Å². The number of urea groups is 1. The van der Waals surface area contributed by atoms with Crippen molar-refractivity contribution < 1.29 is 9.32 Å². The molecule has 1 N–H and O–H groups in total. The number of carbonyl (C=O) groups excluding carboxylic acids is 1. The Morgan fingerprint density at radius 3 is 2.75 bits per heavy atom. The average Bonchev–Trinajstić information content (AvgIpc) is 3.01. The molecule has 128 valence electrons. The van der Waals surface area contributed by atoms with Crippen LogP contribution in [-0.2, 0) is 6.54 Å². The summed E-state index contributed by atoms with van der Waals surface area (Å²) in [4.78, 5) is 20.8. The van der Waals surface area contributed by atoms with Crippen LogP contribution in [0.1, 0.15) is 30.1 Å². The zero-order chi connectivity index (χ0) is 16.9. The van der Waals surface area contributed by atoms with Gasteiger partial charge in [-0.15, -0.1) is 0 Å². The fourth-order valence-corrected chi connectivity index (χ4v) is 2.81. The van der Waals surface area contributed by atoms with E-state index in [0.29, 0.717) is 13.1 Å². The molecule has 2 aromatic heterocycles. The maximum atomic E-state index is 12.4. The summed E-state index contributed by atoms with van der Waals surface area (Å²) in [7, 11) is 0. The average molecular weight is 329 g/mol. The summed E-state index contributed by atoms with van der Waals surface area (Å²) in [5, 5.41) is 7.03. The Hall–Kier alpha value is -2.41. The first kappa shape index (κ1) is 16.4. The van der Waals surface area contributed by atoms with Crippen LogP contribution in [0.4, 0.5) is 4.79 Å². The number of nitrogens with one attached hydrogen (secondary N) is 1. The van der Waals surface area contributed by atoms with Gasteiger partial charge in [0.25, 0.3) is 0 Å². The number of nitrogens with zero attached hydrogens (tertiary/aromatic N) is 4. The van der Waals surface area contributed by atoms with E-state index in [4.69, 9.17) is 4.52 Å². The van der Waals surface area contributed by atoms with Crippen molar-refractivity contribution in [2.24, 2.45) is 0 Å². The summed E-state index contributed by atoms with van der Waals surface area (Å²) in [6, 6.07) is 7.53. The summed E-state index contributed by atoms with van der Waals surface area (Å²) in [5.74, 6) is 0.825.